The number of benzene rings is 4. The van der Waals surface area contributed by atoms with Crippen LogP contribution < -0.4 is 10.6 Å². The Morgan fingerprint density at radius 3 is 1.29 bits per heavy atom. The van der Waals surface area contributed by atoms with Gasteiger partial charge in [0.05, 0.1) is 11.0 Å². The number of nitrogens with zero attached hydrogens (tertiary/aromatic N) is 6. The summed E-state index contributed by atoms with van der Waals surface area (Å²) in [7, 11) is 0. The van der Waals surface area contributed by atoms with Gasteiger partial charge in [-0.15, -0.1) is 10.2 Å². The zero-order chi connectivity index (χ0) is 22.7. The Hall–Kier alpha value is -4.72. The molecule has 34 heavy (non-hydrogen) atoms. The molecule has 0 amide bonds. The van der Waals surface area contributed by atoms with Gasteiger partial charge in [-0.25, -0.2) is 9.36 Å². The van der Waals surface area contributed by atoms with E-state index in [9.17, 15) is 0 Å². The Labute approximate surface area is 195 Å². The largest absolute Gasteiger partial charge is 0.360 e. The lowest BCUT2D eigenvalue weighted by atomic mass is 10.2. The standard InChI is InChI=1S/C26H22N8/c1-3-11-19(12-4-1)27-25(33-23-17-9-7-15-21(23)29-31-33)26(28-20-13-5-2-6-14-20)34-24-18-10-8-16-22(24)30-32-34/h1-18,25-28H/t25-,26-/m1/s1. The first-order valence-electron chi connectivity index (χ1n) is 11.1. The van der Waals surface area contributed by atoms with Crippen molar-refractivity contribution in [1.29, 1.82) is 0 Å². The number of hydrogen-bond acceptors (Lipinski definition) is 6. The van der Waals surface area contributed by atoms with E-state index in [4.69, 9.17) is 0 Å². The van der Waals surface area contributed by atoms with Crippen molar-refractivity contribution in [3.05, 3.63) is 109 Å². The molecule has 0 aliphatic carbocycles. The van der Waals surface area contributed by atoms with Gasteiger partial charge in [0.2, 0.25) is 0 Å². The van der Waals surface area contributed by atoms with E-state index < -0.39 is 0 Å². The molecule has 4 aromatic carbocycles. The predicted octanol–water partition coefficient (Wildman–Crippen LogP) is 5.10. The van der Waals surface area contributed by atoms with Gasteiger partial charge in [-0.05, 0) is 48.5 Å². The normalized spacial score (nSPS) is 13.1. The van der Waals surface area contributed by atoms with Crippen molar-refractivity contribution in [2.75, 3.05) is 10.6 Å². The van der Waals surface area contributed by atoms with Gasteiger partial charge in [0, 0.05) is 11.4 Å². The maximum Gasteiger partial charge on any atom is 0.164 e. The second kappa shape index (κ2) is 8.67. The van der Waals surface area contributed by atoms with Crippen molar-refractivity contribution >= 4 is 33.4 Å². The Morgan fingerprint density at radius 1 is 0.471 bits per heavy atom. The first kappa shape index (κ1) is 19.9. The fourth-order valence-corrected chi connectivity index (χ4v) is 4.14. The molecule has 0 spiro atoms. The first-order valence-corrected chi connectivity index (χ1v) is 11.1. The summed E-state index contributed by atoms with van der Waals surface area (Å²) in [5.74, 6) is 0. The third-order valence-electron chi connectivity index (χ3n) is 5.76. The lowest BCUT2D eigenvalue weighted by molar-refractivity contribution is 0.347. The summed E-state index contributed by atoms with van der Waals surface area (Å²) in [4.78, 5) is 0. The Morgan fingerprint density at radius 2 is 0.853 bits per heavy atom. The van der Waals surface area contributed by atoms with E-state index in [1.807, 2.05) is 119 Å². The van der Waals surface area contributed by atoms with E-state index in [-0.39, 0.29) is 12.3 Å². The third-order valence-corrected chi connectivity index (χ3v) is 5.76. The molecule has 166 valence electrons. The highest BCUT2D eigenvalue weighted by molar-refractivity contribution is 5.75. The smallest absolute Gasteiger partial charge is 0.164 e. The van der Waals surface area contributed by atoms with E-state index in [1.54, 1.807) is 0 Å². The van der Waals surface area contributed by atoms with Crippen molar-refractivity contribution < 1.29 is 0 Å². The van der Waals surface area contributed by atoms with Gasteiger partial charge in [-0.3, -0.25) is 0 Å². The summed E-state index contributed by atoms with van der Waals surface area (Å²) in [6.07, 6.45) is -0.778. The maximum absolute atomic E-state index is 4.55. The summed E-state index contributed by atoms with van der Waals surface area (Å²) in [5, 5.41) is 25.2. The van der Waals surface area contributed by atoms with Crippen LogP contribution in [0, 0.1) is 0 Å². The average molecular weight is 447 g/mol. The molecule has 0 fully saturated rings. The highest BCUT2D eigenvalue weighted by Crippen LogP contribution is 2.31. The van der Waals surface area contributed by atoms with Crippen LogP contribution >= 0.6 is 0 Å². The van der Waals surface area contributed by atoms with Crippen molar-refractivity contribution in [3.63, 3.8) is 0 Å². The molecule has 6 aromatic rings. The monoisotopic (exact) mass is 446 g/mol. The van der Waals surface area contributed by atoms with E-state index >= 15 is 0 Å². The molecule has 0 saturated carbocycles. The van der Waals surface area contributed by atoms with Crippen molar-refractivity contribution in [1.82, 2.24) is 30.0 Å². The van der Waals surface area contributed by atoms with Gasteiger partial charge < -0.3 is 10.6 Å². The molecule has 0 saturated heterocycles. The molecular weight excluding hydrogens is 424 g/mol. The second-order valence-electron chi connectivity index (χ2n) is 7.96. The van der Waals surface area contributed by atoms with Gasteiger partial charge in [0.25, 0.3) is 0 Å². The van der Waals surface area contributed by atoms with Crippen LogP contribution in [-0.2, 0) is 0 Å². The Balaban J connectivity index is 1.54. The van der Waals surface area contributed by atoms with Crippen molar-refractivity contribution in [2.45, 2.75) is 12.3 Å². The quantitative estimate of drug-likeness (QED) is 0.355. The van der Waals surface area contributed by atoms with Gasteiger partial charge in [-0.1, -0.05) is 71.1 Å². The molecule has 0 aliphatic rings. The van der Waals surface area contributed by atoms with Crippen LogP contribution in [0.4, 0.5) is 11.4 Å². The molecule has 2 aromatic heterocycles. The van der Waals surface area contributed by atoms with E-state index in [1.165, 1.54) is 0 Å². The third kappa shape index (κ3) is 3.71. The number of hydrogen-bond donors (Lipinski definition) is 2. The molecule has 0 aliphatic heterocycles. The minimum atomic E-state index is -0.389. The molecule has 2 N–H and O–H groups in total. The minimum Gasteiger partial charge on any atom is -0.360 e. The number of anilines is 2. The molecule has 2 atom stereocenters. The Bertz CT molecular complexity index is 1410. The molecule has 0 bridgehead atoms. The summed E-state index contributed by atoms with van der Waals surface area (Å²) < 4.78 is 3.80. The van der Waals surface area contributed by atoms with Crippen LogP contribution in [0.5, 0.6) is 0 Å². The van der Waals surface area contributed by atoms with Gasteiger partial charge >= 0.3 is 0 Å². The summed E-state index contributed by atoms with van der Waals surface area (Å²) in [6.45, 7) is 0. The number of nitrogens with one attached hydrogen (secondary N) is 2. The molecular formula is C26H22N8. The lowest BCUT2D eigenvalue weighted by Gasteiger charge is -2.31. The van der Waals surface area contributed by atoms with Gasteiger partial charge in [0.15, 0.2) is 12.3 Å². The molecule has 0 radical (unpaired) electrons. The van der Waals surface area contributed by atoms with Crippen LogP contribution in [0.25, 0.3) is 22.1 Å². The highest BCUT2D eigenvalue weighted by atomic mass is 15.5. The second-order valence-corrected chi connectivity index (χ2v) is 7.96. The van der Waals surface area contributed by atoms with Gasteiger partial charge in [-0.2, -0.15) is 0 Å². The predicted molar refractivity (Wildman–Crippen MR) is 133 cm³/mol. The fraction of sp³-hybridized carbons (Fsp3) is 0.0769. The summed E-state index contributed by atoms with van der Waals surface area (Å²) >= 11 is 0. The molecule has 8 heteroatoms. The maximum atomic E-state index is 4.55. The number of fused-ring (bicyclic) bond motifs is 2. The molecule has 8 nitrogen and oxygen atoms in total. The van der Waals surface area contributed by atoms with E-state index in [0.717, 1.165) is 33.4 Å². The van der Waals surface area contributed by atoms with Crippen molar-refractivity contribution in [3.8, 4) is 0 Å². The molecule has 0 unspecified atom stereocenters. The van der Waals surface area contributed by atoms with Crippen LogP contribution in [0.1, 0.15) is 12.3 Å². The highest BCUT2D eigenvalue weighted by Gasteiger charge is 2.30. The van der Waals surface area contributed by atoms with Crippen LogP contribution in [0.15, 0.2) is 109 Å². The minimum absolute atomic E-state index is 0.389. The van der Waals surface area contributed by atoms with Gasteiger partial charge in [0.1, 0.15) is 11.0 Å². The van der Waals surface area contributed by atoms with Crippen LogP contribution in [0.2, 0.25) is 0 Å². The van der Waals surface area contributed by atoms with Crippen LogP contribution in [0.3, 0.4) is 0 Å². The topological polar surface area (TPSA) is 85.5 Å². The first-order chi connectivity index (χ1) is 16.9. The zero-order valence-electron chi connectivity index (χ0n) is 18.2. The van der Waals surface area contributed by atoms with E-state index in [2.05, 4.69) is 31.3 Å². The zero-order valence-corrected chi connectivity index (χ0v) is 18.2. The lowest BCUT2D eigenvalue weighted by Crippen LogP contribution is -2.35. The van der Waals surface area contributed by atoms with Crippen molar-refractivity contribution in [2.24, 2.45) is 0 Å². The summed E-state index contributed by atoms with van der Waals surface area (Å²) in [6, 6.07) is 36.0. The number of rotatable bonds is 7. The van der Waals surface area contributed by atoms with E-state index in [0.29, 0.717) is 0 Å². The van der Waals surface area contributed by atoms with Crippen LogP contribution in [-0.4, -0.2) is 30.0 Å². The summed E-state index contributed by atoms with van der Waals surface area (Å²) in [5.41, 5.74) is 5.39. The number of para-hydroxylation sites is 4. The SMILES string of the molecule is c1ccc(N[C@@H]([C@H](Nc2ccccc2)n2nnc3ccccc32)n2nnc3ccccc32)cc1. The molecule has 6 rings (SSSR count). The Kier molecular flexibility index (Phi) is 5.08. The average Bonchev–Trinajstić information content (AvgIpc) is 3.52. The molecule has 2 heterocycles. The number of aromatic nitrogens is 6. The fourth-order valence-electron chi connectivity index (χ4n) is 4.14.